The molecule has 0 saturated carbocycles. The van der Waals surface area contributed by atoms with Crippen molar-refractivity contribution in [1.82, 2.24) is 0 Å². The number of aliphatic hydroxyl groups is 1. The fraction of sp³-hybridized carbons (Fsp3) is 0.233. The van der Waals surface area contributed by atoms with Crippen molar-refractivity contribution >= 4 is 50.3 Å². The molecule has 242 valence electrons. The molecule has 0 saturated heterocycles. The number of benzene rings is 3. The summed E-state index contributed by atoms with van der Waals surface area (Å²) < 4.78 is 99.2. The maximum atomic E-state index is 13.8. The first kappa shape index (κ1) is 32.7. The van der Waals surface area contributed by atoms with E-state index in [1.54, 1.807) is 13.0 Å². The van der Waals surface area contributed by atoms with E-state index in [2.05, 4.69) is 15.8 Å². The first-order valence-electron chi connectivity index (χ1n) is 13.2. The fourth-order valence-electron chi connectivity index (χ4n) is 4.63. The fourth-order valence-corrected chi connectivity index (χ4v) is 5.73. The third kappa shape index (κ3) is 6.48. The Morgan fingerprint density at radius 1 is 1.00 bits per heavy atom. The van der Waals surface area contributed by atoms with Crippen molar-refractivity contribution in [3.63, 3.8) is 0 Å². The minimum atomic E-state index is -5.07. The van der Waals surface area contributed by atoms with Crippen LogP contribution < -0.4 is 15.4 Å². The summed E-state index contributed by atoms with van der Waals surface area (Å²) in [5, 5.41) is 18.3. The maximum Gasteiger partial charge on any atom is 0.419 e. The number of halogens is 7. The van der Waals surface area contributed by atoms with E-state index >= 15 is 0 Å². The second-order valence-electron chi connectivity index (χ2n) is 10.4. The van der Waals surface area contributed by atoms with E-state index in [4.69, 9.17) is 9.57 Å². The van der Waals surface area contributed by atoms with Crippen molar-refractivity contribution in [1.29, 1.82) is 0 Å². The molecule has 3 N–H and O–H groups in total. The van der Waals surface area contributed by atoms with E-state index in [0.717, 1.165) is 24.3 Å². The highest BCUT2D eigenvalue weighted by Crippen LogP contribution is 2.41. The number of alkyl halides is 6. The topological polar surface area (TPSA) is 109 Å². The number of anilines is 2. The highest BCUT2D eigenvalue weighted by molar-refractivity contribution is 7.21. The van der Waals surface area contributed by atoms with Gasteiger partial charge in [-0.1, -0.05) is 11.2 Å². The highest BCUT2D eigenvalue weighted by atomic mass is 32.1. The van der Waals surface area contributed by atoms with E-state index in [-0.39, 0.29) is 45.0 Å². The maximum absolute atomic E-state index is 13.8. The van der Waals surface area contributed by atoms with Gasteiger partial charge >= 0.3 is 12.4 Å². The summed E-state index contributed by atoms with van der Waals surface area (Å²) in [5.74, 6) is -3.42. The Morgan fingerprint density at radius 2 is 1.74 bits per heavy atom. The van der Waals surface area contributed by atoms with Crippen molar-refractivity contribution in [2.45, 2.75) is 31.3 Å². The van der Waals surface area contributed by atoms with Gasteiger partial charge in [0.25, 0.3) is 11.8 Å². The molecule has 0 fully saturated rings. The van der Waals surface area contributed by atoms with Crippen LogP contribution in [0, 0.1) is 5.82 Å². The molecule has 0 aliphatic carbocycles. The first-order chi connectivity index (χ1) is 21.5. The molecule has 16 heteroatoms. The molecule has 5 rings (SSSR count). The van der Waals surface area contributed by atoms with Gasteiger partial charge in [-0.25, -0.2) is 4.39 Å². The molecule has 0 radical (unpaired) electrons. The molecular weight excluding hydrogens is 647 g/mol. The summed E-state index contributed by atoms with van der Waals surface area (Å²) in [6.45, 7) is 1.31. The van der Waals surface area contributed by atoms with Crippen LogP contribution in [0.15, 0.2) is 59.8 Å². The Morgan fingerprint density at radius 3 is 2.37 bits per heavy atom. The lowest BCUT2D eigenvalue weighted by Crippen LogP contribution is -2.29. The number of oxime groups is 1. The van der Waals surface area contributed by atoms with Crippen LogP contribution in [-0.2, 0) is 17.2 Å². The molecule has 46 heavy (non-hydrogen) atoms. The monoisotopic (exact) mass is 669 g/mol. The van der Waals surface area contributed by atoms with Gasteiger partial charge in [-0.2, -0.15) is 26.3 Å². The number of fused-ring (bicyclic) bond motifs is 1. The summed E-state index contributed by atoms with van der Waals surface area (Å²) in [6, 6.07) is 8.78. The van der Waals surface area contributed by atoms with Crippen LogP contribution in [0.25, 0.3) is 10.1 Å². The normalized spacial score (nSPS) is 16.6. The van der Waals surface area contributed by atoms with Crippen LogP contribution in [0.1, 0.15) is 50.1 Å². The number of ether oxygens (including phenoxy) is 1. The Bertz CT molecular complexity index is 1890. The van der Waals surface area contributed by atoms with E-state index in [9.17, 15) is 45.4 Å². The standard InChI is InChI=1S/C30H22F7N3O5S/c1-28(13-41)12-21(40-45-28)14-3-8-22(44-2)18(9-14)26(42)39-24-17-6-4-15(29(32,33)34)10-23(17)46-25(24)27(43)38-16-5-7-20(31)19(11-16)30(35,36)37/h3-11,41H,12-13H2,1-2H3,(H,38,43)(H,39,42). The average molecular weight is 670 g/mol. The number of nitrogens with one attached hydrogen (secondary N) is 2. The van der Waals surface area contributed by atoms with Crippen LogP contribution in [0.2, 0.25) is 0 Å². The van der Waals surface area contributed by atoms with Crippen LogP contribution in [0.4, 0.5) is 42.1 Å². The number of thiophene rings is 1. The lowest BCUT2D eigenvalue weighted by Gasteiger charge is -2.17. The quantitative estimate of drug-likeness (QED) is 0.177. The molecule has 1 unspecified atom stereocenters. The Labute approximate surface area is 259 Å². The van der Waals surface area contributed by atoms with Gasteiger partial charge in [-0.15, -0.1) is 11.3 Å². The molecule has 1 aliphatic rings. The molecular formula is C30H22F7N3O5S. The van der Waals surface area contributed by atoms with Crippen molar-refractivity contribution in [2.24, 2.45) is 5.16 Å². The van der Waals surface area contributed by atoms with Crippen molar-refractivity contribution in [3.05, 3.63) is 87.5 Å². The third-order valence-electron chi connectivity index (χ3n) is 7.02. The number of carbonyl (C=O) groups is 2. The average Bonchev–Trinajstić information content (AvgIpc) is 3.57. The zero-order valence-corrected chi connectivity index (χ0v) is 24.5. The number of rotatable bonds is 7. The number of hydrogen-bond donors (Lipinski definition) is 3. The molecule has 1 aliphatic heterocycles. The lowest BCUT2D eigenvalue weighted by molar-refractivity contribution is -0.140. The van der Waals surface area contributed by atoms with Gasteiger partial charge < -0.3 is 25.3 Å². The molecule has 1 atom stereocenters. The third-order valence-corrected chi connectivity index (χ3v) is 8.17. The molecule has 4 aromatic rings. The summed E-state index contributed by atoms with van der Waals surface area (Å²) in [4.78, 5) is 32.0. The Kier molecular flexibility index (Phi) is 8.46. The first-order valence-corrected chi connectivity index (χ1v) is 14.0. The summed E-state index contributed by atoms with van der Waals surface area (Å²) in [7, 11) is 1.29. The van der Waals surface area contributed by atoms with Gasteiger partial charge in [-0.3, -0.25) is 9.59 Å². The van der Waals surface area contributed by atoms with Crippen LogP contribution in [-0.4, -0.2) is 42.0 Å². The number of nitrogens with zero attached hydrogens (tertiary/aromatic N) is 1. The molecule has 2 heterocycles. The zero-order valence-electron chi connectivity index (χ0n) is 23.7. The van der Waals surface area contributed by atoms with Gasteiger partial charge in [0.1, 0.15) is 16.4 Å². The summed E-state index contributed by atoms with van der Waals surface area (Å²) in [6.07, 6.45) is -9.61. The van der Waals surface area contributed by atoms with E-state index < -0.39 is 52.4 Å². The van der Waals surface area contributed by atoms with Crippen LogP contribution >= 0.6 is 11.3 Å². The van der Waals surface area contributed by atoms with Gasteiger partial charge in [0.05, 0.1) is 41.8 Å². The van der Waals surface area contributed by atoms with Gasteiger partial charge in [0.15, 0.2) is 5.60 Å². The molecule has 8 nitrogen and oxygen atoms in total. The summed E-state index contributed by atoms with van der Waals surface area (Å²) in [5.41, 5.74) is -3.56. The SMILES string of the molecule is COc1ccc(C2=NOC(C)(CO)C2)cc1C(=O)Nc1c(C(=O)Nc2ccc(F)c(C(F)(F)F)c2)sc2cc(C(F)(F)F)ccc12. The largest absolute Gasteiger partial charge is 0.496 e. The van der Waals surface area contributed by atoms with E-state index in [1.807, 2.05) is 0 Å². The lowest BCUT2D eigenvalue weighted by atomic mass is 9.95. The predicted molar refractivity (Wildman–Crippen MR) is 155 cm³/mol. The van der Waals surface area contributed by atoms with Crippen molar-refractivity contribution < 1.29 is 55.0 Å². The second kappa shape index (κ2) is 11.9. The minimum Gasteiger partial charge on any atom is -0.496 e. The molecule has 0 bridgehead atoms. The molecule has 0 spiro atoms. The molecule has 2 amide bonds. The summed E-state index contributed by atoms with van der Waals surface area (Å²) >= 11 is 0.554. The van der Waals surface area contributed by atoms with Crippen LogP contribution in [0.5, 0.6) is 5.75 Å². The van der Waals surface area contributed by atoms with Gasteiger partial charge in [-0.05, 0) is 55.5 Å². The van der Waals surface area contributed by atoms with E-state index in [1.165, 1.54) is 19.2 Å². The van der Waals surface area contributed by atoms with Crippen molar-refractivity contribution in [2.75, 3.05) is 24.4 Å². The number of aliphatic hydroxyl groups excluding tert-OH is 1. The highest BCUT2D eigenvalue weighted by Gasteiger charge is 2.36. The van der Waals surface area contributed by atoms with Crippen molar-refractivity contribution in [3.8, 4) is 5.75 Å². The van der Waals surface area contributed by atoms with Crippen LogP contribution in [0.3, 0.4) is 0 Å². The Hall–Kier alpha value is -4.70. The number of hydrogen-bond acceptors (Lipinski definition) is 7. The van der Waals surface area contributed by atoms with E-state index in [0.29, 0.717) is 34.7 Å². The number of amides is 2. The minimum absolute atomic E-state index is 0.0361. The molecule has 1 aromatic heterocycles. The van der Waals surface area contributed by atoms with Gasteiger partial charge in [0.2, 0.25) is 0 Å². The molecule has 3 aromatic carbocycles. The predicted octanol–water partition coefficient (Wildman–Crippen LogP) is 7.47. The zero-order chi connectivity index (χ0) is 33.6. The second-order valence-corrected chi connectivity index (χ2v) is 11.5. The van der Waals surface area contributed by atoms with Gasteiger partial charge in [0, 0.05) is 27.8 Å². The number of carbonyl (C=O) groups excluding carboxylic acids is 2. The smallest absolute Gasteiger partial charge is 0.419 e. The number of methoxy groups -OCH3 is 1. The Balaban J connectivity index is 1.55.